The number of aliphatic hydroxyl groups excluding tert-OH is 1. The van der Waals surface area contributed by atoms with Crippen LogP contribution < -0.4 is 16.0 Å². The number of aliphatic hydroxyl groups is 1. The van der Waals surface area contributed by atoms with Gasteiger partial charge in [-0.2, -0.15) is 4.98 Å². The van der Waals surface area contributed by atoms with Crippen LogP contribution in [0.3, 0.4) is 0 Å². The van der Waals surface area contributed by atoms with Crippen LogP contribution in [0.15, 0.2) is 36.8 Å². The van der Waals surface area contributed by atoms with Crippen LogP contribution >= 0.6 is 0 Å². The Morgan fingerprint density at radius 2 is 2.04 bits per heavy atom. The molecule has 10 heteroatoms. The van der Waals surface area contributed by atoms with Crippen molar-refractivity contribution in [1.29, 1.82) is 0 Å². The number of nitrogens with one attached hydrogen (secondary N) is 3. The zero-order valence-electron chi connectivity index (χ0n) is 12.9. The number of urea groups is 1. The molecular weight excluding hydrogens is 329 g/mol. The Hall–Kier alpha value is -3.40. The first kappa shape index (κ1) is 16.5. The third-order valence-electron chi connectivity index (χ3n) is 3.09. The highest BCUT2D eigenvalue weighted by Gasteiger charge is 2.12. The monoisotopic (exact) mass is 343 g/mol. The first-order valence-corrected chi connectivity index (χ1v) is 7.32. The molecule has 4 N–H and O–H groups in total. The molecule has 0 bridgehead atoms. The van der Waals surface area contributed by atoms with Gasteiger partial charge < -0.3 is 15.7 Å². The van der Waals surface area contributed by atoms with Crippen molar-refractivity contribution in [2.24, 2.45) is 0 Å². The Kier molecular flexibility index (Phi) is 4.90. The van der Waals surface area contributed by atoms with Gasteiger partial charge in [0.15, 0.2) is 17.3 Å². The number of halogens is 1. The number of hydrogen-bond acceptors (Lipinski definition) is 7. The third kappa shape index (κ3) is 4.12. The van der Waals surface area contributed by atoms with Crippen molar-refractivity contribution in [3.63, 3.8) is 0 Å². The van der Waals surface area contributed by atoms with E-state index in [2.05, 4.69) is 35.9 Å². The molecule has 3 aromatic rings. The summed E-state index contributed by atoms with van der Waals surface area (Å²) >= 11 is 0. The van der Waals surface area contributed by atoms with E-state index in [0.717, 1.165) is 5.69 Å². The maximum atomic E-state index is 14.0. The Labute approximate surface area is 141 Å². The van der Waals surface area contributed by atoms with Gasteiger partial charge in [0.25, 0.3) is 0 Å². The fourth-order valence-electron chi connectivity index (χ4n) is 1.97. The SMILES string of the molecule is O=C(NCCO)Nc1nc2nc(Nc3ccncc3)ncc2cc1F. The minimum atomic E-state index is -0.718. The zero-order chi connectivity index (χ0) is 17.6. The van der Waals surface area contributed by atoms with E-state index < -0.39 is 11.8 Å². The van der Waals surface area contributed by atoms with Crippen molar-refractivity contribution >= 4 is 34.5 Å². The van der Waals surface area contributed by atoms with Crippen LogP contribution in [0.1, 0.15) is 0 Å². The summed E-state index contributed by atoms with van der Waals surface area (Å²) in [6.45, 7) is -0.179. The molecule has 0 aliphatic carbocycles. The van der Waals surface area contributed by atoms with E-state index in [9.17, 15) is 9.18 Å². The van der Waals surface area contributed by atoms with Crippen molar-refractivity contribution in [2.75, 3.05) is 23.8 Å². The molecule has 0 aliphatic heterocycles. The highest BCUT2D eigenvalue weighted by Crippen LogP contribution is 2.19. The Bertz CT molecular complexity index is 892. The molecule has 0 aliphatic rings. The number of carbonyl (C=O) groups excluding carboxylic acids is 1. The summed E-state index contributed by atoms with van der Waals surface area (Å²) in [5, 5.41) is 16.6. The molecule has 0 spiro atoms. The molecule has 0 aromatic carbocycles. The lowest BCUT2D eigenvalue weighted by Gasteiger charge is -2.08. The molecule has 0 saturated heterocycles. The summed E-state index contributed by atoms with van der Waals surface area (Å²) in [6.07, 6.45) is 4.66. The number of hydrogen-bond donors (Lipinski definition) is 4. The van der Waals surface area contributed by atoms with Gasteiger partial charge in [0.05, 0.1) is 6.61 Å². The molecule has 2 amide bonds. The number of nitrogens with zero attached hydrogens (tertiary/aromatic N) is 4. The van der Waals surface area contributed by atoms with Crippen molar-refractivity contribution < 1.29 is 14.3 Å². The van der Waals surface area contributed by atoms with Gasteiger partial charge in [0, 0.05) is 36.2 Å². The Morgan fingerprint density at radius 1 is 1.24 bits per heavy atom. The predicted octanol–water partition coefficient (Wildman–Crippen LogP) is 1.42. The van der Waals surface area contributed by atoms with E-state index in [4.69, 9.17) is 5.11 Å². The molecular formula is C15H14FN7O2. The number of anilines is 3. The van der Waals surface area contributed by atoms with Crippen LogP contribution in [0, 0.1) is 5.82 Å². The van der Waals surface area contributed by atoms with Crippen LogP contribution in [0.4, 0.5) is 26.6 Å². The van der Waals surface area contributed by atoms with Crippen molar-refractivity contribution in [1.82, 2.24) is 25.3 Å². The van der Waals surface area contributed by atoms with Crippen molar-refractivity contribution in [3.05, 3.63) is 42.6 Å². The van der Waals surface area contributed by atoms with Gasteiger partial charge >= 0.3 is 6.03 Å². The van der Waals surface area contributed by atoms with E-state index in [1.807, 2.05) is 0 Å². The Balaban J connectivity index is 1.85. The predicted molar refractivity (Wildman–Crippen MR) is 88.9 cm³/mol. The molecule has 0 unspecified atom stereocenters. The lowest BCUT2D eigenvalue weighted by Crippen LogP contribution is -2.31. The molecule has 3 aromatic heterocycles. The van der Waals surface area contributed by atoms with Crippen LogP contribution in [0.25, 0.3) is 11.0 Å². The summed E-state index contributed by atoms with van der Waals surface area (Å²) < 4.78 is 14.0. The minimum absolute atomic E-state index is 0.0448. The standard InChI is InChI=1S/C15H14FN7O2/c16-11-7-9-8-19-14(20-10-1-3-17-4-2-10)22-12(9)21-13(11)23-15(25)18-5-6-24/h1-4,7-8,24H,5-6H2,(H3,17,18,19,20,21,22,23,25). The summed E-state index contributed by atoms with van der Waals surface area (Å²) in [6, 6.07) is 3.98. The van der Waals surface area contributed by atoms with E-state index in [1.54, 1.807) is 24.5 Å². The number of pyridine rings is 2. The van der Waals surface area contributed by atoms with Gasteiger partial charge in [0.1, 0.15) is 0 Å². The minimum Gasteiger partial charge on any atom is -0.395 e. The third-order valence-corrected chi connectivity index (χ3v) is 3.09. The van der Waals surface area contributed by atoms with E-state index in [-0.39, 0.29) is 30.6 Å². The van der Waals surface area contributed by atoms with E-state index in [0.29, 0.717) is 5.39 Å². The van der Waals surface area contributed by atoms with Crippen LogP contribution in [0.5, 0.6) is 0 Å². The van der Waals surface area contributed by atoms with Gasteiger partial charge in [-0.15, -0.1) is 0 Å². The van der Waals surface area contributed by atoms with Crippen LogP contribution in [0.2, 0.25) is 0 Å². The number of fused-ring (bicyclic) bond motifs is 1. The molecule has 0 saturated carbocycles. The van der Waals surface area contributed by atoms with Gasteiger partial charge in [0.2, 0.25) is 5.95 Å². The fraction of sp³-hybridized carbons (Fsp3) is 0.133. The topological polar surface area (TPSA) is 125 Å². The molecule has 3 rings (SSSR count). The second kappa shape index (κ2) is 7.45. The maximum absolute atomic E-state index is 14.0. The highest BCUT2D eigenvalue weighted by atomic mass is 19.1. The first-order valence-electron chi connectivity index (χ1n) is 7.32. The quantitative estimate of drug-likeness (QED) is 0.552. The fourth-order valence-corrected chi connectivity index (χ4v) is 1.97. The average molecular weight is 343 g/mol. The largest absolute Gasteiger partial charge is 0.395 e. The van der Waals surface area contributed by atoms with Gasteiger partial charge in [-0.25, -0.2) is 19.2 Å². The highest BCUT2D eigenvalue weighted by molar-refractivity contribution is 5.90. The number of rotatable bonds is 5. The summed E-state index contributed by atoms with van der Waals surface area (Å²) in [5.41, 5.74) is 0.948. The van der Waals surface area contributed by atoms with Crippen molar-refractivity contribution in [2.45, 2.75) is 0 Å². The van der Waals surface area contributed by atoms with Crippen molar-refractivity contribution in [3.8, 4) is 0 Å². The van der Waals surface area contributed by atoms with Gasteiger partial charge in [-0.3, -0.25) is 10.3 Å². The average Bonchev–Trinajstić information content (AvgIpc) is 2.62. The number of amides is 2. The molecule has 0 fully saturated rings. The molecule has 128 valence electrons. The number of aromatic nitrogens is 4. The molecule has 0 atom stereocenters. The lowest BCUT2D eigenvalue weighted by atomic mass is 10.3. The molecule has 0 radical (unpaired) electrons. The van der Waals surface area contributed by atoms with Crippen LogP contribution in [-0.4, -0.2) is 44.2 Å². The summed E-state index contributed by atoms with van der Waals surface area (Å²) in [7, 11) is 0. The normalized spacial score (nSPS) is 10.5. The van der Waals surface area contributed by atoms with Crippen LogP contribution in [-0.2, 0) is 0 Å². The summed E-state index contributed by atoms with van der Waals surface area (Å²) in [4.78, 5) is 27.8. The second-order valence-corrected chi connectivity index (χ2v) is 4.89. The smallest absolute Gasteiger partial charge is 0.320 e. The number of carbonyl (C=O) groups is 1. The maximum Gasteiger partial charge on any atom is 0.320 e. The summed E-state index contributed by atoms with van der Waals surface area (Å²) in [5.74, 6) is -0.713. The molecule has 25 heavy (non-hydrogen) atoms. The molecule has 3 heterocycles. The molecule has 9 nitrogen and oxygen atoms in total. The first-order chi connectivity index (χ1) is 12.2. The zero-order valence-corrected chi connectivity index (χ0v) is 12.9. The van der Waals surface area contributed by atoms with Gasteiger partial charge in [-0.05, 0) is 18.2 Å². The van der Waals surface area contributed by atoms with Gasteiger partial charge in [-0.1, -0.05) is 0 Å². The van der Waals surface area contributed by atoms with E-state index >= 15 is 0 Å². The Morgan fingerprint density at radius 3 is 2.80 bits per heavy atom. The van der Waals surface area contributed by atoms with E-state index in [1.165, 1.54) is 12.3 Å². The lowest BCUT2D eigenvalue weighted by molar-refractivity contribution is 0.244. The second-order valence-electron chi connectivity index (χ2n) is 4.89.